The minimum absolute atomic E-state index is 0.0881. The molecule has 0 atom stereocenters. The molecule has 0 aromatic heterocycles. The Balaban J connectivity index is 2.16. The second-order valence-electron chi connectivity index (χ2n) is 4.80. The Kier molecular flexibility index (Phi) is 4.77. The predicted molar refractivity (Wildman–Crippen MR) is 84.4 cm³/mol. The third kappa shape index (κ3) is 3.60. The number of hydrogen-bond acceptors (Lipinski definition) is 2. The number of carbonyl (C=O) groups excluding carboxylic acids is 1. The third-order valence-electron chi connectivity index (χ3n) is 3.01. The number of para-hydroxylation sites is 1. The normalized spacial score (nSPS) is 10.1. The highest BCUT2D eigenvalue weighted by Gasteiger charge is 2.10. The summed E-state index contributed by atoms with van der Waals surface area (Å²) in [4.78, 5) is 12.4. The topological polar surface area (TPSA) is 41.1 Å². The SMILES string of the molecule is CCCNc1ccccc1C(=O)Nc1cccc(C)c1. The molecule has 1 amide bonds. The zero-order valence-corrected chi connectivity index (χ0v) is 11.9. The van der Waals surface area contributed by atoms with Crippen LogP contribution in [-0.4, -0.2) is 12.5 Å². The van der Waals surface area contributed by atoms with Gasteiger partial charge in [0, 0.05) is 17.9 Å². The predicted octanol–water partition coefficient (Wildman–Crippen LogP) is 4.07. The standard InChI is InChI=1S/C17H20N2O/c1-3-11-18-16-10-5-4-9-15(16)17(20)19-14-8-6-7-13(2)12-14/h4-10,12,18H,3,11H2,1-2H3,(H,19,20). The number of anilines is 2. The first kappa shape index (κ1) is 14.1. The molecule has 2 aromatic carbocycles. The van der Waals surface area contributed by atoms with Crippen molar-refractivity contribution in [2.75, 3.05) is 17.2 Å². The van der Waals surface area contributed by atoms with Crippen LogP contribution in [-0.2, 0) is 0 Å². The molecule has 20 heavy (non-hydrogen) atoms. The van der Waals surface area contributed by atoms with Crippen LogP contribution in [0.2, 0.25) is 0 Å². The van der Waals surface area contributed by atoms with E-state index in [2.05, 4.69) is 17.6 Å². The highest BCUT2D eigenvalue weighted by atomic mass is 16.1. The van der Waals surface area contributed by atoms with Crippen molar-refractivity contribution in [2.45, 2.75) is 20.3 Å². The molecule has 3 heteroatoms. The number of benzene rings is 2. The van der Waals surface area contributed by atoms with Gasteiger partial charge in [-0.1, -0.05) is 31.2 Å². The van der Waals surface area contributed by atoms with E-state index < -0.39 is 0 Å². The van der Waals surface area contributed by atoms with Crippen molar-refractivity contribution >= 4 is 17.3 Å². The van der Waals surface area contributed by atoms with Crippen LogP contribution in [0.5, 0.6) is 0 Å². The summed E-state index contributed by atoms with van der Waals surface area (Å²) < 4.78 is 0. The molecule has 0 aliphatic heterocycles. The van der Waals surface area contributed by atoms with E-state index >= 15 is 0 Å². The number of amides is 1. The van der Waals surface area contributed by atoms with E-state index in [1.54, 1.807) is 0 Å². The van der Waals surface area contributed by atoms with E-state index in [1.165, 1.54) is 0 Å². The van der Waals surface area contributed by atoms with Gasteiger partial charge in [0.2, 0.25) is 0 Å². The molecule has 0 unspecified atom stereocenters. The highest BCUT2D eigenvalue weighted by molar-refractivity contribution is 6.08. The monoisotopic (exact) mass is 268 g/mol. The largest absolute Gasteiger partial charge is 0.384 e. The van der Waals surface area contributed by atoms with Crippen molar-refractivity contribution in [3.8, 4) is 0 Å². The molecule has 0 heterocycles. The van der Waals surface area contributed by atoms with Crippen LogP contribution in [0.3, 0.4) is 0 Å². The minimum Gasteiger partial charge on any atom is -0.384 e. The average Bonchev–Trinajstić information content (AvgIpc) is 2.45. The Hall–Kier alpha value is -2.29. The van der Waals surface area contributed by atoms with Crippen LogP contribution in [0.25, 0.3) is 0 Å². The van der Waals surface area contributed by atoms with Crippen LogP contribution >= 0.6 is 0 Å². The van der Waals surface area contributed by atoms with Crippen LogP contribution in [0.4, 0.5) is 11.4 Å². The van der Waals surface area contributed by atoms with E-state index in [0.29, 0.717) is 5.56 Å². The first-order valence-corrected chi connectivity index (χ1v) is 6.91. The smallest absolute Gasteiger partial charge is 0.257 e. The second kappa shape index (κ2) is 6.75. The molecule has 0 fully saturated rings. The summed E-state index contributed by atoms with van der Waals surface area (Å²) in [6.45, 7) is 4.96. The first-order chi connectivity index (χ1) is 9.70. The van der Waals surface area contributed by atoms with Gasteiger partial charge in [0.15, 0.2) is 0 Å². The minimum atomic E-state index is -0.0881. The van der Waals surface area contributed by atoms with Crippen molar-refractivity contribution < 1.29 is 4.79 Å². The summed E-state index contributed by atoms with van der Waals surface area (Å²) in [6, 6.07) is 15.4. The van der Waals surface area contributed by atoms with E-state index in [4.69, 9.17) is 0 Å². The molecule has 0 bridgehead atoms. The van der Waals surface area contributed by atoms with Crippen LogP contribution in [0, 0.1) is 6.92 Å². The Morgan fingerprint density at radius 3 is 2.65 bits per heavy atom. The Morgan fingerprint density at radius 1 is 1.10 bits per heavy atom. The van der Waals surface area contributed by atoms with Gasteiger partial charge < -0.3 is 10.6 Å². The van der Waals surface area contributed by atoms with Gasteiger partial charge in [-0.25, -0.2) is 0 Å². The lowest BCUT2D eigenvalue weighted by molar-refractivity contribution is 0.102. The number of carbonyl (C=O) groups is 1. The lowest BCUT2D eigenvalue weighted by Gasteiger charge is -2.12. The van der Waals surface area contributed by atoms with Crippen molar-refractivity contribution in [3.63, 3.8) is 0 Å². The van der Waals surface area contributed by atoms with E-state index in [9.17, 15) is 4.79 Å². The number of rotatable bonds is 5. The highest BCUT2D eigenvalue weighted by Crippen LogP contribution is 2.18. The van der Waals surface area contributed by atoms with Gasteiger partial charge in [-0.3, -0.25) is 4.79 Å². The lowest BCUT2D eigenvalue weighted by atomic mass is 10.1. The molecule has 104 valence electrons. The van der Waals surface area contributed by atoms with Gasteiger partial charge in [-0.05, 0) is 43.2 Å². The molecule has 0 spiro atoms. The van der Waals surface area contributed by atoms with E-state index in [0.717, 1.165) is 29.9 Å². The lowest BCUT2D eigenvalue weighted by Crippen LogP contribution is -2.15. The molecule has 0 saturated heterocycles. The Labute approximate surface area is 120 Å². The summed E-state index contributed by atoms with van der Waals surface area (Å²) in [5, 5.41) is 6.22. The van der Waals surface area contributed by atoms with Gasteiger partial charge >= 0.3 is 0 Å². The second-order valence-corrected chi connectivity index (χ2v) is 4.80. The fourth-order valence-corrected chi connectivity index (χ4v) is 2.02. The zero-order valence-electron chi connectivity index (χ0n) is 11.9. The first-order valence-electron chi connectivity index (χ1n) is 6.91. The van der Waals surface area contributed by atoms with Gasteiger partial charge in [-0.15, -0.1) is 0 Å². The molecule has 2 rings (SSSR count). The number of aryl methyl sites for hydroxylation is 1. The van der Waals surface area contributed by atoms with E-state index in [1.807, 2.05) is 55.5 Å². The summed E-state index contributed by atoms with van der Waals surface area (Å²) in [6.07, 6.45) is 1.02. The van der Waals surface area contributed by atoms with Crippen LogP contribution in [0.1, 0.15) is 29.3 Å². The zero-order chi connectivity index (χ0) is 14.4. The molecule has 3 nitrogen and oxygen atoms in total. The van der Waals surface area contributed by atoms with Crippen molar-refractivity contribution in [3.05, 3.63) is 59.7 Å². The van der Waals surface area contributed by atoms with Crippen molar-refractivity contribution in [1.29, 1.82) is 0 Å². The molecule has 2 N–H and O–H groups in total. The molecule has 0 saturated carbocycles. The molecule has 0 radical (unpaired) electrons. The van der Waals surface area contributed by atoms with Gasteiger partial charge in [0.05, 0.1) is 5.56 Å². The molecule has 0 aliphatic rings. The van der Waals surface area contributed by atoms with Crippen LogP contribution in [0.15, 0.2) is 48.5 Å². The van der Waals surface area contributed by atoms with Gasteiger partial charge in [-0.2, -0.15) is 0 Å². The van der Waals surface area contributed by atoms with Crippen molar-refractivity contribution in [2.24, 2.45) is 0 Å². The van der Waals surface area contributed by atoms with Gasteiger partial charge in [0.1, 0.15) is 0 Å². The summed E-state index contributed by atoms with van der Waals surface area (Å²) in [5.74, 6) is -0.0881. The Morgan fingerprint density at radius 2 is 1.90 bits per heavy atom. The quantitative estimate of drug-likeness (QED) is 0.858. The fourth-order valence-electron chi connectivity index (χ4n) is 2.02. The molecule has 0 aliphatic carbocycles. The van der Waals surface area contributed by atoms with Gasteiger partial charge in [0.25, 0.3) is 5.91 Å². The molecule has 2 aromatic rings. The van der Waals surface area contributed by atoms with E-state index in [-0.39, 0.29) is 5.91 Å². The Bertz CT molecular complexity index is 593. The molecular weight excluding hydrogens is 248 g/mol. The summed E-state index contributed by atoms with van der Waals surface area (Å²) >= 11 is 0. The maximum absolute atomic E-state index is 12.4. The number of hydrogen-bond donors (Lipinski definition) is 2. The average molecular weight is 268 g/mol. The fraction of sp³-hybridized carbons (Fsp3) is 0.235. The maximum Gasteiger partial charge on any atom is 0.257 e. The van der Waals surface area contributed by atoms with Crippen LogP contribution < -0.4 is 10.6 Å². The maximum atomic E-state index is 12.4. The third-order valence-corrected chi connectivity index (χ3v) is 3.01. The van der Waals surface area contributed by atoms with Crippen molar-refractivity contribution in [1.82, 2.24) is 0 Å². The summed E-state index contributed by atoms with van der Waals surface area (Å²) in [7, 11) is 0. The number of nitrogens with one attached hydrogen (secondary N) is 2. The summed E-state index contributed by atoms with van der Waals surface area (Å²) in [5.41, 5.74) is 3.49. The molecular formula is C17H20N2O.